The van der Waals surface area contributed by atoms with E-state index in [0.29, 0.717) is 30.1 Å². The minimum absolute atomic E-state index is 0.353. The van der Waals surface area contributed by atoms with Gasteiger partial charge in [-0.15, -0.1) is 11.3 Å². The van der Waals surface area contributed by atoms with Gasteiger partial charge >= 0.3 is 0 Å². The number of nitrogens with zero attached hydrogens (tertiary/aromatic N) is 2. The molecule has 5 heteroatoms. The molecule has 2 aliphatic rings. The van der Waals surface area contributed by atoms with Crippen molar-refractivity contribution in [3.8, 4) is 0 Å². The van der Waals surface area contributed by atoms with E-state index in [4.69, 9.17) is 4.98 Å². The highest BCUT2D eigenvalue weighted by Gasteiger charge is 2.28. The van der Waals surface area contributed by atoms with Gasteiger partial charge in [0.1, 0.15) is 0 Å². The van der Waals surface area contributed by atoms with Crippen molar-refractivity contribution >= 4 is 27.5 Å². The van der Waals surface area contributed by atoms with Gasteiger partial charge in [-0.3, -0.25) is 4.79 Å². The first kappa shape index (κ1) is 17.9. The molecule has 140 valence electrons. The Morgan fingerprint density at radius 1 is 1.31 bits per heavy atom. The van der Waals surface area contributed by atoms with E-state index in [9.17, 15) is 4.79 Å². The molecule has 2 saturated heterocycles. The lowest BCUT2D eigenvalue weighted by Crippen LogP contribution is -2.40. The van der Waals surface area contributed by atoms with Crippen molar-refractivity contribution in [3.63, 3.8) is 0 Å². The summed E-state index contributed by atoms with van der Waals surface area (Å²) in [6, 6.07) is 8.37. The number of piperidine rings is 2. The van der Waals surface area contributed by atoms with Crippen LogP contribution in [0.1, 0.15) is 50.0 Å². The number of thiazole rings is 1. The molecule has 0 radical (unpaired) electrons. The van der Waals surface area contributed by atoms with Crippen LogP contribution in [-0.4, -0.2) is 42.0 Å². The van der Waals surface area contributed by atoms with E-state index in [2.05, 4.69) is 41.4 Å². The topological polar surface area (TPSA) is 45.2 Å². The number of amides is 1. The van der Waals surface area contributed by atoms with Gasteiger partial charge in [0.2, 0.25) is 5.91 Å². The van der Waals surface area contributed by atoms with Crippen molar-refractivity contribution in [1.29, 1.82) is 0 Å². The molecule has 3 heterocycles. The van der Waals surface area contributed by atoms with Gasteiger partial charge in [-0.1, -0.05) is 19.1 Å². The second-order valence-corrected chi connectivity index (χ2v) is 9.02. The largest absolute Gasteiger partial charge is 0.343 e. The van der Waals surface area contributed by atoms with E-state index in [0.717, 1.165) is 44.5 Å². The molecule has 4 nitrogen and oxygen atoms in total. The summed E-state index contributed by atoms with van der Waals surface area (Å²) < 4.78 is 1.27. The normalized spacial score (nSPS) is 23.3. The molecule has 2 aromatic rings. The van der Waals surface area contributed by atoms with Crippen LogP contribution in [0.25, 0.3) is 10.2 Å². The first-order chi connectivity index (χ1) is 12.7. The Hall–Kier alpha value is -1.46. The second-order valence-electron chi connectivity index (χ2n) is 7.96. The Kier molecular flexibility index (Phi) is 5.55. The zero-order chi connectivity index (χ0) is 17.9. The van der Waals surface area contributed by atoms with Crippen LogP contribution in [0, 0.1) is 11.8 Å². The first-order valence-electron chi connectivity index (χ1n) is 10.0. The monoisotopic (exact) mass is 371 g/mol. The lowest BCUT2D eigenvalue weighted by molar-refractivity contribution is -0.133. The molecule has 1 aromatic carbocycles. The Morgan fingerprint density at radius 2 is 2.12 bits per heavy atom. The number of likely N-dealkylation sites (tertiary alicyclic amines) is 1. The smallest absolute Gasteiger partial charge is 0.222 e. The summed E-state index contributed by atoms with van der Waals surface area (Å²) in [5, 5.41) is 4.72. The first-order valence-corrected chi connectivity index (χ1v) is 10.9. The van der Waals surface area contributed by atoms with Crippen molar-refractivity contribution < 1.29 is 4.79 Å². The van der Waals surface area contributed by atoms with E-state index in [1.165, 1.54) is 22.5 Å². The minimum atomic E-state index is 0.353. The quantitative estimate of drug-likeness (QED) is 0.883. The van der Waals surface area contributed by atoms with Crippen molar-refractivity contribution in [2.24, 2.45) is 11.8 Å². The summed E-state index contributed by atoms with van der Waals surface area (Å²) in [6.07, 6.45) is 5.31. The van der Waals surface area contributed by atoms with Gasteiger partial charge in [0.05, 0.1) is 15.2 Å². The average Bonchev–Trinajstić information content (AvgIpc) is 3.13. The van der Waals surface area contributed by atoms with E-state index in [-0.39, 0.29) is 0 Å². The van der Waals surface area contributed by atoms with Gasteiger partial charge in [0.25, 0.3) is 0 Å². The third-order valence-corrected chi connectivity index (χ3v) is 7.34. The fourth-order valence-corrected chi connectivity index (χ4v) is 5.51. The number of benzene rings is 1. The van der Waals surface area contributed by atoms with Crippen LogP contribution in [0.3, 0.4) is 0 Å². The van der Waals surface area contributed by atoms with Crippen LogP contribution in [0.4, 0.5) is 0 Å². The summed E-state index contributed by atoms with van der Waals surface area (Å²) in [6.45, 7) is 6.23. The number of nitrogens with one attached hydrogen (secondary N) is 1. The molecule has 2 aliphatic heterocycles. The number of carbonyl (C=O) groups is 1. The number of aromatic nitrogens is 1. The lowest BCUT2D eigenvalue weighted by atomic mass is 9.85. The van der Waals surface area contributed by atoms with Crippen LogP contribution in [0.2, 0.25) is 0 Å². The number of carbonyl (C=O) groups excluding carboxylic acids is 1. The third-order valence-electron chi connectivity index (χ3n) is 6.14. The summed E-state index contributed by atoms with van der Waals surface area (Å²) in [4.78, 5) is 19.6. The molecular weight excluding hydrogens is 342 g/mol. The molecule has 2 fully saturated rings. The molecule has 2 atom stereocenters. The maximum Gasteiger partial charge on any atom is 0.222 e. The SMILES string of the molecule is CC(CC(=O)N1CCC(c2nc3ccccc3s2)CC1)C1CCCNC1. The summed E-state index contributed by atoms with van der Waals surface area (Å²) >= 11 is 1.82. The van der Waals surface area contributed by atoms with Crippen LogP contribution in [0.5, 0.6) is 0 Å². The Bertz CT molecular complexity index is 712. The fraction of sp³-hybridized carbons (Fsp3) is 0.619. The third kappa shape index (κ3) is 3.94. The zero-order valence-electron chi connectivity index (χ0n) is 15.6. The molecule has 0 aliphatic carbocycles. The summed E-state index contributed by atoms with van der Waals surface area (Å²) in [5.41, 5.74) is 1.11. The summed E-state index contributed by atoms with van der Waals surface area (Å²) in [7, 11) is 0. The maximum atomic E-state index is 12.7. The molecule has 1 amide bonds. The van der Waals surface area contributed by atoms with E-state index in [1.807, 2.05) is 11.3 Å². The standard InChI is InChI=1S/C21H29N3OS/c1-15(17-5-4-10-22-14-17)13-20(25)24-11-8-16(9-12-24)21-23-18-6-2-3-7-19(18)26-21/h2-3,6-7,15-17,22H,4-5,8-14H2,1H3. The van der Waals surface area contributed by atoms with Crippen molar-refractivity contribution in [2.45, 2.75) is 44.9 Å². The molecule has 0 saturated carbocycles. The maximum absolute atomic E-state index is 12.7. The highest BCUT2D eigenvalue weighted by atomic mass is 32.1. The predicted molar refractivity (Wildman–Crippen MR) is 108 cm³/mol. The molecule has 0 bridgehead atoms. The van der Waals surface area contributed by atoms with Gasteiger partial charge < -0.3 is 10.2 Å². The van der Waals surface area contributed by atoms with Gasteiger partial charge in [0, 0.05) is 25.4 Å². The van der Waals surface area contributed by atoms with E-state index >= 15 is 0 Å². The molecule has 4 rings (SSSR count). The molecule has 1 aromatic heterocycles. The molecular formula is C21H29N3OS. The van der Waals surface area contributed by atoms with Gasteiger partial charge in [-0.05, 0) is 62.7 Å². The highest BCUT2D eigenvalue weighted by Crippen LogP contribution is 2.34. The average molecular weight is 372 g/mol. The van der Waals surface area contributed by atoms with Crippen molar-refractivity contribution in [2.75, 3.05) is 26.2 Å². The van der Waals surface area contributed by atoms with Crippen LogP contribution in [-0.2, 0) is 4.79 Å². The van der Waals surface area contributed by atoms with Crippen LogP contribution < -0.4 is 5.32 Å². The van der Waals surface area contributed by atoms with Crippen LogP contribution >= 0.6 is 11.3 Å². The van der Waals surface area contributed by atoms with Gasteiger partial charge in [-0.25, -0.2) is 4.98 Å². The Balaban J connectivity index is 1.30. The van der Waals surface area contributed by atoms with E-state index < -0.39 is 0 Å². The molecule has 26 heavy (non-hydrogen) atoms. The van der Waals surface area contributed by atoms with E-state index in [1.54, 1.807) is 0 Å². The molecule has 0 spiro atoms. The molecule has 1 N–H and O–H groups in total. The zero-order valence-corrected chi connectivity index (χ0v) is 16.4. The van der Waals surface area contributed by atoms with Crippen molar-refractivity contribution in [1.82, 2.24) is 15.2 Å². The lowest BCUT2D eigenvalue weighted by Gasteiger charge is -2.33. The van der Waals surface area contributed by atoms with Crippen molar-refractivity contribution in [3.05, 3.63) is 29.3 Å². The predicted octanol–water partition coefficient (Wildman–Crippen LogP) is 4.03. The molecule has 2 unspecified atom stereocenters. The number of rotatable bonds is 4. The fourth-order valence-electron chi connectivity index (χ4n) is 4.38. The second kappa shape index (κ2) is 8.05. The highest BCUT2D eigenvalue weighted by molar-refractivity contribution is 7.18. The Morgan fingerprint density at radius 3 is 2.85 bits per heavy atom. The number of para-hydroxylation sites is 1. The number of hydrogen-bond acceptors (Lipinski definition) is 4. The number of fused-ring (bicyclic) bond motifs is 1. The minimum Gasteiger partial charge on any atom is -0.343 e. The van der Waals surface area contributed by atoms with Gasteiger partial charge in [-0.2, -0.15) is 0 Å². The number of hydrogen-bond donors (Lipinski definition) is 1. The van der Waals surface area contributed by atoms with Crippen LogP contribution in [0.15, 0.2) is 24.3 Å². The Labute approximate surface area is 160 Å². The van der Waals surface area contributed by atoms with Gasteiger partial charge in [0.15, 0.2) is 0 Å². The summed E-state index contributed by atoms with van der Waals surface area (Å²) in [5.74, 6) is 2.01.